The Morgan fingerprint density at radius 1 is 0.561 bits per heavy atom. The van der Waals surface area contributed by atoms with Gasteiger partial charge in [-0.3, -0.25) is 0 Å². The zero-order valence-electron chi connectivity index (χ0n) is 22.0. The van der Waals surface area contributed by atoms with Crippen molar-refractivity contribution in [2.45, 2.75) is 0 Å². The lowest BCUT2D eigenvalue weighted by molar-refractivity contribution is 0.620. The predicted octanol–water partition coefficient (Wildman–Crippen LogP) is 9.89. The highest BCUT2D eigenvalue weighted by atomic mass is 16.3. The molecule has 0 saturated carbocycles. The quantitative estimate of drug-likeness (QED) is 0.249. The Morgan fingerprint density at radius 3 is 2.22 bits per heavy atom. The topological polar surface area (TPSA) is 46.8 Å². The summed E-state index contributed by atoms with van der Waals surface area (Å²) in [6.45, 7) is 0. The summed E-state index contributed by atoms with van der Waals surface area (Å²) in [6.07, 6.45) is 0. The van der Waals surface area contributed by atoms with Crippen LogP contribution in [0.3, 0.4) is 0 Å². The van der Waals surface area contributed by atoms with Crippen LogP contribution in [0.1, 0.15) is 0 Å². The van der Waals surface area contributed by atoms with Crippen LogP contribution in [-0.4, -0.2) is 14.5 Å². The van der Waals surface area contributed by atoms with E-state index in [0.29, 0.717) is 5.89 Å². The fraction of sp³-hybridized carbons (Fsp3) is 0. The van der Waals surface area contributed by atoms with E-state index in [4.69, 9.17) is 9.40 Å². The molecule has 4 heteroatoms. The number of hydrogen-bond donors (Lipinski definition) is 1. The number of aromatic nitrogens is 3. The molecule has 0 unspecified atom stereocenters. The molecule has 3 heterocycles. The molecule has 0 spiro atoms. The Labute approximate surface area is 235 Å². The van der Waals surface area contributed by atoms with Crippen molar-refractivity contribution in [3.63, 3.8) is 0 Å². The number of fused-ring (bicyclic) bond motifs is 8. The molecule has 41 heavy (non-hydrogen) atoms. The second kappa shape index (κ2) is 8.44. The van der Waals surface area contributed by atoms with Gasteiger partial charge in [0.1, 0.15) is 5.52 Å². The Bertz CT molecular complexity index is 2410. The van der Waals surface area contributed by atoms with Crippen molar-refractivity contribution in [2.75, 3.05) is 0 Å². The Morgan fingerprint density at radius 2 is 1.29 bits per heavy atom. The molecule has 4 nitrogen and oxygen atoms in total. The monoisotopic (exact) mass is 525 g/mol. The molecule has 9 aromatic rings. The van der Waals surface area contributed by atoms with Crippen molar-refractivity contribution in [3.05, 3.63) is 133 Å². The number of nitrogens with zero attached hydrogens (tertiary/aromatic N) is 2. The van der Waals surface area contributed by atoms with Gasteiger partial charge in [0, 0.05) is 38.3 Å². The number of rotatable bonds is 3. The minimum Gasteiger partial charge on any atom is -0.436 e. The first-order valence-corrected chi connectivity index (χ1v) is 13.8. The second-order valence-electron chi connectivity index (χ2n) is 10.5. The van der Waals surface area contributed by atoms with E-state index in [1.807, 2.05) is 24.3 Å². The third-order valence-electron chi connectivity index (χ3n) is 8.15. The normalized spacial score (nSPS) is 11.9. The van der Waals surface area contributed by atoms with Crippen molar-refractivity contribution in [2.24, 2.45) is 0 Å². The molecule has 0 aliphatic rings. The summed E-state index contributed by atoms with van der Waals surface area (Å²) >= 11 is 0. The van der Waals surface area contributed by atoms with Crippen LogP contribution in [0.4, 0.5) is 0 Å². The molecule has 192 valence electrons. The van der Waals surface area contributed by atoms with Gasteiger partial charge in [-0.15, -0.1) is 0 Å². The molecular formula is C37H23N3O. The van der Waals surface area contributed by atoms with Crippen LogP contribution >= 0.6 is 0 Å². The molecule has 0 amide bonds. The smallest absolute Gasteiger partial charge is 0.227 e. The number of nitrogens with one attached hydrogen (secondary N) is 1. The maximum atomic E-state index is 6.07. The van der Waals surface area contributed by atoms with Crippen molar-refractivity contribution < 1.29 is 4.42 Å². The molecule has 0 radical (unpaired) electrons. The third-order valence-corrected chi connectivity index (χ3v) is 8.15. The van der Waals surface area contributed by atoms with E-state index >= 15 is 0 Å². The van der Waals surface area contributed by atoms with Crippen LogP contribution in [-0.2, 0) is 0 Å². The van der Waals surface area contributed by atoms with E-state index in [9.17, 15) is 0 Å². The number of para-hydroxylation sites is 4. The summed E-state index contributed by atoms with van der Waals surface area (Å²) in [5.41, 5.74) is 10.7. The molecule has 6 aromatic carbocycles. The summed E-state index contributed by atoms with van der Waals surface area (Å²) in [7, 11) is 0. The van der Waals surface area contributed by atoms with Crippen LogP contribution in [0, 0.1) is 0 Å². The molecule has 0 aliphatic heterocycles. The van der Waals surface area contributed by atoms with E-state index in [-0.39, 0.29) is 0 Å². The molecule has 1 N–H and O–H groups in total. The van der Waals surface area contributed by atoms with Gasteiger partial charge in [0.05, 0.1) is 16.6 Å². The van der Waals surface area contributed by atoms with Gasteiger partial charge in [0.25, 0.3) is 0 Å². The van der Waals surface area contributed by atoms with Crippen LogP contribution in [0.25, 0.3) is 83.0 Å². The number of aromatic amines is 1. The minimum atomic E-state index is 0.632. The first-order valence-electron chi connectivity index (χ1n) is 13.8. The Hall–Kier alpha value is -5.61. The average Bonchev–Trinajstić information content (AvgIpc) is 3.73. The van der Waals surface area contributed by atoms with Crippen LogP contribution in [0.5, 0.6) is 0 Å². The summed E-state index contributed by atoms with van der Waals surface area (Å²) in [6, 6.07) is 46.8. The molecule has 0 atom stereocenters. The van der Waals surface area contributed by atoms with Gasteiger partial charge in [-0.2, -0.15) is 0 Å². The fourth-order valence-corrected chi connectivity index (χ4v) is 6.29. The Kier molecular flexibility index (Phi) is 4.58. The highest BCUT2D eigenvalue weighted by molar-refractivity contribution is 6.22. The molecule has 0 saturated heterocycles. The van der Waals surface area contributed by atoms with Crippen molar-refractivity contribution >= 4 is 54.7 Å². The van der Waals surface area contributed by atoms with Crippen molar-refractivity contribution in [1.29, 1.82) is 0 Å². The lowest BCUT2D eigenvalue weighted by atomic mass is 10.0. The standard InChI is InChI=1S/C37H23N3O/c1-3-15-31-27(13-1)29-19-20-30-28-14-2-5-17-33(28)40(36(30)35(29)38-31)26-12-8-10-24(22-26)23-9-7-11-25(21-23)37-39-32-16-4-6-18-34(32)41-37/h1-22,38H. The van der Waals surface area contributed by atoms with E-state index in [1.54, 1.807) is 0 Å². The van der Waals surface area contributed by atoms with Gasteiger partial charge in [0.2, 0.25) is 5.89 Å². The van der Waals surface area contributed by atoms with E-state index in [2.05, 4.69) is 119 Å². The van der Waals surface area contributed by atoms with Gasteiger partial charge in [-0.25, -0.2) is 4.98 Å². The minimum absolute atomic E-state index is 0.632. The molecular weight excluding hydrogens is 502 g/mol. The Balaban J connectivity index is 1.26. The van der Waals surface area contributed by atoms with Gasteiger partial charge < -0.3 is 14.0 Å². The molecule has 3 aromatic heterocycles. The molecule has 9 rings (SSSR count). The summed E-state index contributed by atoms with van der Waals surface area (Å²) in [4.78, 5) is 8.45. The lowest BCUT2D eigenvalue weighted by Crippen LogP contribution is -1.95. The van der Waals surface area contributed by atoms with Crippen LogP contribution in [0.15, 0.2) is 138 Å². The SMILES string of the molecule is c1cc(-c2cccc(-n3c4ccccc4c4ccc5c6ccccc6[nH]c5c43)c2)cc(-c2nc3ccccc3o2)c1. The number of benzene rings is 6. The summed E-state index contributed by atoms with van der Waals surface area (Å²) < 4.78 is 8.47. The van der Waals surface area contributed by atoms with Gasteiger partial charge in [0.15, 0.2) is 5.58 Å². The molecule has 0 fully saturated rings. The first kappa shape index (κ1) is 22.2. The number of H-pyrrole nitrogens is 1. The largest absolute Gasteiger partial charge is 0.436 e. The van der Waals surface area contributed by atoms with Crippen molar-refractivity contribution in [1.82, 2.24) is 14.5 Å². The van der Waals surface area contributed by atoms with E-state index in [1.165, 1.54) is 32.6 Å². The van der Waals surface area contributed by atoms with E-state index in [0.717, 1.165) is 44.5 Å². The number of hydrogen-bond acceptors (Lipinski definition) is 2. The van der Waals surface area contributed by atoms with Crippen LogP contribution < -0.4 is 0 Å². The second-order valence-corrected chi connectivity index (χ2v) is 10.5. The molecule has 0 aliphatic carbocycles. The van der Waals surface area contributed by atoms with Gasteiger partial charge >= 0.3 is 0 Å². The van der Waals surface area contributed by atoms with Crippen molar-refractivity contribution in [3.8, 4) is 28.3 Å². The van der Waals surface area contributed by atoms with E-state index < -0.39 is 0 Å². The van der Waals surface area contributed by atoms with Gasteiger partial charge in [-0.05, 0) is 59.7 Å². The lowest BCUT2D eigenvalue weighted by Gasteiger charge is -2.11. The summed E-state index contributed by atoms with van der Waals surface area (Å²) in [5.74, 6) is 0.632. The highest BCUT2D eigenvalue weighted by Crippen LogP contribution is 2.39. The fourth-order valence-electron chi connectivity index (χ4n) is 6.29. The number of oxazole rings is 1. The first-order chi connectivity index (χ1) is 20.3. The third kappa shape index (κ3) is 3.31. The van der Waals surface area contributed by atoms with Crippen LogP contribution in [0.2, 0.25) is 0 Å². The maximum Gasteiger partial charge on any atom is 0.227 e. The summed E-state index contributed by atoms with van der Waals surface area (Å²) in [5, 5.41) is 4.96. The zero-order chi connectivity index (χ0) is 26.9. The maximum absolute atomic E-state index is 6.07. The molecule has 0 bridgehead atoms. The highest BCUT2D eigenvalue weighted by Gasteiger charge is 2.18. The van der Waals surface area contributed by atoms with Gasteiger partial charge in [-0.1, -0.05) is 84.9 Å². The average molecular weight is 526 g/mol. The zero-order valence-corrected chi connectivity index (χ0v) is 22.0. The predicted molar refractivity (Wildman–Crippen MR) is 169 cm³/mol.